The molecule has 0 bridgehead atoms. The van der Waals surface area contributed by atoms with Gasteiger partial charge in [-0.1, -0.05) is 18.2 Å². The van der Waals surface area contributed by atoms with Crippen LogP contribution in [0, 0.1) is 6.92 Å². The Balaban J connectivity index is 1.80. The van der Waals surface area contributed by atoms with Gasteiger partial charge in [-0.2, -0.15) is 0 Å². The summed E-state index contributed by atoms with van der Waals surface area (Å²) >= 11 is 0. The van der Waals surface area contributed by atoms with Crippen molar-refractivity contribution in [3.63, 3.8) is 0 Å². The Morgan fingerprint density at radius 3 is 2.68 bits per heavy atom. The second-order valence-corrected chi connectivity index (χ2v) is 6.10. The molecule has 1 fully saturated rings. The predicted molar refractivity (Wildman–Crippen MR) is 86.6 cm³/mol. The summed E-state index contributed by atoms with van der Waals surface area (Å²) in [6, 6.07) is 8.42. The Morgan fingerprint density at radius 1 is 1.27 bits per heavy atom. The lowest BCUT2D eigenvalue weighted by Gasteiger charge is -2.38. The first-order valence-corrected chi connectivity index (χ1v) is 7.59. The second-order valence-electron chi connectivity index (χ2n) is 6.10. The number of carbonyl (C=O) groups is 1. The Morgan fingerprint density at radius 2 is 2.00 bits per heavy atom. The molecule has 22 heavy (non-hydrogen) atoms. The van der Waals surface area contributed by atoms with Crippen LogP contribution in [0.1, 0.15) is 19.4 Å². The average Bonchev–Trinajstić information content (AvgIpc) is 2.91. The summed E-state index contributed by atoms with van der Waals surface area (Å²) in [6.07, 6.45) is 1.50. The van der Waals surface area contributed by atoms with Gasteiger partial charge in [-0.05, 0) is 39.4 Å². The first kappa shape index (κ1) is 15.0. The summed E-state index contributed by atoms with van der Waals surface area (Å²) in [6.45, 7) is 6.25. The summed E-state index contributed by atoms with van der Waals surface area (Å²) in [7, 11) is 1.99. The van der Waals surface area contributed by atoms with Crippen LogP contribution >= 0.6 is 0 Å². The van der Waals surface area contributed by atoms with E-state index in [2.05, 4.69) is 47.8 Å². The molecule has 1 aromatic rings. The molecular weight excluding hydrogens is 278 g/mol. The van der Waals surface area contributed by atoms with Crippen molar-refractivity contribution in [2.45, 2.75) is 39.3 Å². The van der Waals surface area contributed by atoms with E-state index in [-0.39, 0.29) is 18.4 Å². The number of aryl methyl sites for hydroxylation is 1. The highest BCUT2D eigenvalue weighted by atomic mass is 16.2. The van der Waals surface area contributed by atoms with Crippen LogP contribution in [-0.2, 0) is 4.79 Å². The van der Waals surface area contributed by atoms with Gasteiger partial charge in [0.2, 0.25) is 0 Å². The van der Waals surface area contributed by atoms with Crippen LogP contribution < -0.4 is 21.1 Å². The van der Waals surface area contributed by atoms with Gasteiger partial charge in [-0.3, -0.25) is 20.0 Å². The van der Waals surface area contributed by atoms with E-state index in [4.69, 9.17) is 0 Å². The number of benzene rings is 1. The van der Waals surface area contributed by atoms with Crippen LogP contribution in [0.4, 0.5) is 5.69 Å². The molecule has 1 aromatic carbocycles. The molecule has 0 saturated carbocycles. The smallest absolute Gasteiger partial charge is 0.254 e. The molecule has 3 rings (SSSR count). The number of amides is 1. The number of nitrogens with one attached hydrogen (secondary N) is 3. The minimum atomic E-state index is -0.182. The van der Waals surface area contributed by atoms with E-state index in [0.717, 1.165) is 11.3 Å². The van der Waals surface area contributed by atoms with E-state index in [1.807, 2.05) is 36.5 Å². The van der Waals surface area contributed by atoms with Crippen molar-refractivity contribution < 1.29 is 4.79 Å². The Kier molecular flexibility index (Phi) is 3.90. The van der Waals surface area contributed by atoms with Gasteiger partial charge in [0, 0.05) is 12.2 Å². The van der Waals surface area contributed by atoms with E-state index in [9.17, 15) is 4.79 Å². The van der Waals surface area contributed by atoms with Crippen molar-refractivity contribution in [1.29, 1.82) is 0 Å². The van der Waals surface area contributed by atoms with Crippen molar-refractivity contribution in [1.82, 2.24) is 21.0 Å². The van der Waals surface area contributed by atoms with Crippen molar-refractivity contribution in [3.05, 3.63) is 41.6 Å². The maximum atomic E-state index is 12.4. The third-order valence-electron chi connectivity index (χ3n) is 4.30. The number of hydrazine groups is 1. The molecule has 3 N–H and O–H groups in total. The molecule has 6 nitrogen and oxygen atoms in total. The van der Waals surface area contributed by atoms with Gasteiger partial charge in [0.15, 0.2) is 0 Å². The molecule has 2 aliphatic rings. The lowest BCUT2D eigenvalue weighted by atomic mass is 10.1. The van der Waals surface area contributed by atoms with Crippen molar-refractivity contribution >= 4 is 11.6 Å². The topological polar surface area (TPSA) is 59.6 Å². The zero-order chi connectivity index (χ0) is 15.9. The van der Waals surface area contributed by atoms with Gasteiger partial charge in [0.25, 0.3) is 5.91 Å². The molecule has 2 unspecified atom stereocenters. The maximum Gasteiger partial charge on any atom is 0.254 e. The highest BCUT2D eigenvalue weighted by Gasteiger charge is 2.38. The molecule has 2 atom stereocenters. The molecular formula is C16H23N5O. The SMILES string of the molecule is Cc1ccccc1N1C=C2C(=O)NC(N(C)C(C)C)NC2N1. The lowest BCUT2D eigenvalue weighted by molar-refractivity contribution is -0.122. The summed E-state index contributed by atoms with van der Waals surface area (Å²) in [4.78, 5) is 14.5. The van der Waals surface area contributed by atoms with Gasteiger partial charge in [-0.15, -0.1) is 0 Å². The molecule has 1 saturated heterocycles. The molecule has 0 radical (unpaired) electrons. The normalized spacial score (nSPS) is 24.5. The summed E-state index contributed by atoms with van der Waals surface area (Å²) in [5, 5.41) is 8.33. The number of rotatable bonds is 3. The zero-order valence-electron chi connectivity index (χ0n) is 13.4. The Labute approximate surface area is 131 Å². The fourth-order valence-electron chi connectivity index (χ4n) is 2.67. The summed E-state index contributed by atoms with van der Waals surface area (Å²) < 4.78 is 0. The van der Waals surface area contributed by atoms with Gasteiger partial charge < -0.3 is 5.32 Å². The van der Waals surface area contributed by atoms with Gasteiger partial charge in [0.05, 0.1) is 11.3 Å². The van der Waals surface area contributed by atoms with Gasteiger partial charge in [0.1, 0.15) is 12.5 Å². The Hall–Kier alpha value is -1.89. The molecule has 0 aliphatic carbocycles. The van der Waals surface area contributed by atoms with Crippen LogP contribution in [0.5, 0.6) is 0 Å². The number of anilines is 1. The number of fused-ring (bicyclic) bond motifs is 1. The van der Waals surface area contributed by atoms with Crippen LogP contribution in [0.15, 0.2) is 36.0 Å². The molecule has 6 heteroatoms. The number of para-hydroxylation sites is 1. The third-order valence-corrected chi connectivity index (χ3v) is 4.30. The highest BCUT2D eigenvalue weighted by molar-refractivity contribution is 5.96. The second kappa shape index (κ2) is 5.72. The summed E-state index contributed by atoms with van der Waals surface area (Å²) in [5.41, 5.74) is 6.25. The molecule has 0 aromatic heterocycles. The van der Waals surface area contributed by atoms with E-state index in [1.165, 1.54) is 0 Å². The van der Waals surface area contributed by atoms with Crippen LogP contribution in [0.3, 0.4) is 0 Å². The monoisotopic (exact) mass is 301 g/mol. The molecule has 118 valence electrons. The summed E-state index contributed by atoms with van der Waals surface area (Å²) in [5.74, 6) is -0.0372. The standard InChI is InChI=1S/C16H23N5O/c1-10(2)20(4)16-17-14-12(15(22)18-16)9-21(19-14)13-8-6-5-7-11(13)3/h5-10,14,16-17,19H,1-4H3,(H,18,22). The van der Waals surface area contributed by atoms with Crippen LogP contribution in [-0.4, -0.2) is 36.4 Å². The van der Waals surface area contributed by atoms with Crippen molar-refractivity contribution in [2.75, 3.05) is 12.1 Å². The molecule has 0 spiro atoms. The minimum Gasteiger partial charge on any atom is -0.324 e. The molecule has 2 aliphatic heterocycles. The number of nitrogens with zero attached hydrogens (tertiary/aromatic N) is 2. The third kappa shape index (κ3) is 2.61. The zero-order valence-corrected chi connectivity index (χ0v) is 13.4. The van der Waals surface area contributed by atoms with E-state index >= 15 is 0 Å². The predicted octanol–water partition coefficient (Wildman–Crippen LogP) is 0.873. The Bertz CT molecular complexity index is 612. The van der Waals surface area contributed by atoms with Crippen LogP contribution in [0.2, 0.25) is 0 Å². The van der Waals surface area contributed by atoms with E-state index in [0.29, 0.717) is 11.6 Å². The van der Waals surface area contributed by atoms with Crippen LogP contribution in [0.25, 0.3) is 0 Å². The lowest BCUT2D eigenvalue weighted by Crippen LogP contribution is -2.67. The maximum absolute atomic E-state index is 12.4. The molecule has 1 amide bonds. The van der Waals surface area contributed by atoms with E-state index in [1.54, 1.807) is 0 Å². The van der Waals surface area contributed by atoms with Gasteiger partial charge >= 0.3 is 0 Å². The number of hydrogen-bond acceptors (Lipinski definition) is 5. The fourth-order valence-corrected chi connectivity index (χ4v) is 2.67. The molecule has 2 heterocycles. The number of carbonyl (C=O) groups excluding carboxylic acids is 1. The highest BCUT2D eigenvalue weighted by Crippen LogP contribution is 2.24. The average molecular weight is 301 g/mol. The quantitative estimate of drug-likeness (QED) is 0.773. The van der Waals surface area contributed by atoms with Gasteiger partial charge in [-0.25, -0.2) is 5.43 Å². The van der Waals surface area contributed by atoms with Crippen molar-refractivity contribution in [3.8, 4) is 0 Å². The number of hydrogen-bond donors (Lipinski definition) is 3. The fraction of sp³-hybridized carbons (Fsp3) is 0.438. The van der Waals surface area contributed by atoms with E-state index < -0.39 is 0 Å². The first-order chi connectivity index (χ1) is 10.5. The minimum absolute atomic E-state index is 0.0372. The first-order valence-electron chi connectivity index (χ1n) is 7.59. The largest absolute Gasteiger partial charge is 0.324 e. The van der Waals surface area contributed by atoms with Crippen molar-refractivity contribution in [2.24, 2.45) is 0 Å².